The van der Waals surface area contributed by atoms with E-state index in [9.17, 15) is 4.79 Å². The fraction of sp³-hybridized carbons (Fsp3) is 0.200. The van der Waals surface area contributed by atoms with Crippen LogP contribution in [-0.4, -0.2) is 21.1 Å². The van der Waals surface area contributed by atoms with E-state index >= 15 is 0 Å². The van der Waals surface area contributed by atoms with Gasteiger partial charge in [0.1, 0.15) is 5.01 Å². The summed E-state index contributed by atoms with van der Waals surface area (Å²) < 4.78 is 0. The van der Waals surface area contributed by atoms with Gasteiger partial charge in [0.25, 0.3) is 5.91 Å². The van der Waals surface area contributed by atoms with E-state index < -0.39 is 0 Å². The summed E-state index contributed by atoms with van der Waals surface area (Å²) in [6.07, 6.45) is 1.68. The van der Waals surface area contributed by atoms with Crippen LogP contribution in [0, 0.1) is 0 Å². The largest absolute Gasteiger partial charge is 0.343 e. The third-order valence-corrected chi connectivity index (χ3v) is 3.56. The predicted octanol–water partition coefficient (Wildman–Crippen LogP) is 2.73. The molecule has 2 heterocycles. The van der Waals surface area contributed by atoms with E-state index in [0.717, 1.165) is 5.01 Å². The number of carbonyl (C=O) groups is 1. The van der Waals surface area contributed by atoms with Gasteiger partial charge in [-0.1, -0.05) is 23.2 Å². The highest BCUT2D eigenvalue weighted by atomic mass is 35.5. The fourth-order valence-corrected chi connectivity index (χ4v) is 2.27. The number of nitrogens with one attached hydrogen (secondary N) is 1. The van der Waals surface area contributed by atoms with Crippen LogP contribution in [0.25, 0.3) is 0 Å². The maximum Gasteiger partial charge on any atom is 0.255 e. The van der Waals surface area contributed by atoms with E-state index in [1.165, 1.54) is 17.4 Å². The van der Waals surface area contributed by atoms with Crippen LogP contribution >= 0.6 is 34.5 Å². The van der Waals surface area contributed by atoms with Crippen LogP contribution in [0.5, 0.6) is 0 Å². The van der Waals surface area contributed by atoms with Crippen molar-refractivity contribution in [3.05, 3.63) is 38.5 Å². The summed E-state index contributed by atoms with van der Waals surface area (Å²) in [6.45, 7) is 1.83. The zero-order valence-corrected chi connectivity index (χ0v) is 11.6. The fourth-order valence-electron chi connectivity index (χ4n) is 1.30. The number of amides is 1. The first kappa shape index (κ1) is 13.2. The summed E-state index contributed by atoms with van der Waals surface area (Å²) in [5.41, 5.74) is 0.195. The number of nitrogens with zero attached hydrogens (tertiary/aromatic N) is 3. The first-order valence-corrected chi connectivity index (χ1v) is 6.60. The molecule has 1 amide bonds. The van der Waals surface area contributed by atoms with Crippen molar-refractivity contribution in [2.24, 2.45) is 0 Å². The molecule has 2 rings (SSSR count). The van der Waals surface area contributed by atoms with E-state index in [1.54, 1.807) is 6.20 Å². The van der Waals surface area contributed by atoms with Crippen LogP contribution in [0.4, 0.5) is 0 Å². The molecule has 0 saturated carbocycles. The lowest BCUT2D eigenvalue weighted by molar-refractivity contribution is 0.0939. The molecule has 5 nitrogen and oxygen atoms in total. The third kappa shape index (κ3) is 2.95. The molecule has 0 bridgehead atoms. The van der Waals surface area contributed by atoms with Gasteiger partial charge < -0.3 is 5.32 Å². The molecule has 0 aromatic carbocycles. The Morgan fingerprint density at radius 2 is 2.22 bits per heavy atom. The molecule has 0 aliphatic rings. The number of carbonyl (C=O) groups excluding carboxylic acids is 1. The number of rotatable bonds is 3. The lowest BCUT2D eigenvalue weighted by atomic mass is 10.2. The Bertz CT molecular complexity index is 561. The second kappa shape index (κ2) is 5.60. The van der Waals surface area contributed by atoms with E-state index in [2.05, 4.69) is 20.5 Å². The van der Waals surface area contributed by atoms with Crippen molar-refractivity contribution in [2.75, 3.05) is 0 Å². The first-order valence-electron chi connectivity index (χ1n) is 4.97. The molecule has 2 aromatic rings. The molecule has 0 aliphatic heterocycles. The normalized spacial score (nSPS) is 12.2. The number of hydrogen-bond donors (Lipinski definition) is 1. The van der Waals surface area contributed by atoms with Crippen molar-refractivity contribution < 1.29 is 4.79 Å². The minimum absolute atomic E-state index is 0.0169. The molecule has 2 aromatic heterocycles. The Hall–Kier alpha value is -1.24. The lowest BCUT2D eigenvalue weighted by Gasteiger charge is -2.11. The average Bonchev–Trinajstić information content (AvgIpc) is 2.85. The minimum Gasteiger partial charge on any atom is -0.343 e. The van der Waals surface area contributed by atoms with Crippen molar-refractivity contribution in [1.29, 1.82) is 0 Å². The van der Waals surface area contributed by atoms with Crippen LogP contribution < -0.4 is 5.32 Å². The molecule has 18 heavy (non-hydrogen) atoms. The lowest BCUT2D eigenvalue weighted by Crippen LogP contribution is -2.27. The maximum absolute atomic E-state index is 12.0. The van der Waals surface area contributed by atoms with Gasteiger partial charge in [0.2, 0.25) is 0 Å². The Kier molecular flexibility index (Phi) is 4.11. The minimum atomic E-state index is -0.362. The first-order chi connectivity index (χ1) is 8.58. The molecule has 0 fully saturated rings. The average molecular weight is 303 g/mol. The zero-order valence-electron chi connectivity index (χ0n) is 9.22. The number of thiazole rings is 1. The second-order valence-corrected chi connectivity index (χ2v) is 5.11. The van der Waals surface area contributed by atoms with E-state index in [0.29, 0.717) is 0 Å². The molecule has 0 saturated heterocycles. The van der Waals surface area contributed by atoms with Gasteiger partial charge in [-0.2, -0.15) is 0 Å². The Morgan fingerprint density at radius 1 is 1.44 bits per heavy atom. The molecule has 8 heteroatoms. The Labute approximate surface area is 117 Å². The topological polar surface area (TPSA) is 67.8 Å². The predicted molar refractivity (Wildman–Crippen MR) is 70.0 cm³/mol. The van der Waals surface area contributed by atoms with Crippen LogP contribution in [0.15, 0.2) is 17.6 Å². The highest BCUT2D eigenvalue weighted by Crippen LogP contribution is 2.18. The van der Waals surface area contributed by atoms with Crippen LogP contribution in [0.1, 0.15) is 28.3 Å². The van der Waals surface area contributed by atoms with Crippen molar-refractivity contribution in [1.82, 2.24) is 20.5 Å². The van der Waals surface area contributed by atoms with Crippen LogP contribution in [0.2, 0.25) is 10.3 Å². The van der Waals surface area contributed by atoms with Gasteiger partial charge in [-0.25, -0.2) is 4.98 Å². The van der Waals surface area contributed by atoms with Gasteiger partial charge in [-0.3, -0.25) is 4.79 Å². The van der Waals surface area contributed by atoms with E-state index in [4.69, 9.17) is 23.2 Å². The summed E-state index contributed by atoms with van der Waals surface area (Å²) in [5, 5.41) is 12.7. The summed E-state index contributed by atoms with van der Waals surface area (Å²) in [5.74, 6) is -0.362. The van der Waals surface area contributed by atoms with Gasteiger partial charge in [0, 0.05) is 11.6 Å². The van der Waals surface area contributed by atoms with Crippen molar-refractivity contribution in [3.8, 4) is 0 Å². The van der Waals surface area contributed by atoms with E-state index in [-0.39, 0.29) is 27.8 Å². The van der Waals surface area contributed by atoms with Crippen molar-refractivity contribution in [2.45, 2.75) is 13.0 Å². The quantitative estimate of drug-likeness (QED) is 0.946. The van der Waals surface area contributed by atoms with E-state index in [1.807, 2.05) is 12.3 Å². The third-order valence-electron chi connectivity index (χ3n) is 2.13. The summed E-state index contributed by atoms with van der Waals surface area (Å²) >= 11 is 12.9. The Balaban J connectivity index is 2.15. The van der Waals surface area contributed by atoms with Gasteiger partial charge in [-0.05, 0) is 13.0 Å². The second-order valence-electron chi connectivity index (χ2n) is 3.44. The zero-order chi connectivity index (χ0) is 13.1. The molecule has 0 radical (unpaired) electrons. The summed E-state index contributed by atoms with van der Waals surface area (Å²) in [6, 6.07) is 1.17. The molecule has 1 atom stereocenters. The van der Waals surface area contributed by atoms with Gasteiger partial charge in [-0.15, -0.1) is 21.5 Å². The standard InChI is InChI=1S/C10H8Cl2N4OS/c1-5(10-13-2-3-18-10)14-9(17)6-4-7(11)15-16-8(6)12/h2-5H,1H3,(H,14,17). The molecule has 94 valence electrons. The highest BCUT2D eigenvalue weighted by Gasteiger charge is 2.17. The van der Waals surface area contributed by atoms with Gasteiger partial charge in [0.05, 0.1) is 11.6 Å². The number of hydrogen-bond acceptors (Lipinski definition) is 5. The smallest absolute Gasteiger partial charge is 0.255 e. The molecular weight excluding hydrogens is 295 g/mol. The SMILES string of the molecule is CC(NC(=O)c1cc(Cl)nnc1Cl)c1nccs1. The van der Waals surface area contributed by atoms with Gasteiger partial charge in [0.15, 0.2) is 10.3 Å². The molecule has 0 aliphatic carbocycles. The molecule has 1 N–H and O–H groups in total. The Morgan fingerprint density at radius 3 is 2.89 bits per heavy atom. The number of halogens is 2. The maximum atomic E-state index is 12.0. The van der Waals surface area contributed by atoms with Gasteiger partial charge >= 0.3 is 0 Å². The van der Waals surface area contributed by atoms with Crippen molar-refractivity contribution in [3.63, 3.8) is 0 Å². The molecule has 1 unspecified atom stereocenters. The highest BCUT2D eigenvalue weighted by molar-refractivity contribution is 7.09. The van der Waals surface area contributed by atoms with Crippen LogP contribution in [-0.2, 0) is 0 Å². The van der Waals surface area contributed by atoms with Crippen LogP contribution in [0.3, 0.4) is 0 Å². The summed E-state index contributed by atoms with van der Waals surface area (Å²) in [7, 11) is 0. The molecule has 0 spiro atoms. The number of aromatic nitrogens is 3. The summed E-state index contributed by atoms with van der Waals surface area (Å²) in [4.78, 5) is 16.1. The molecular formula is C10H8Cl2N4OS. The van der Waals surface area contributed by atoms with Crippen molar-refractivity contribution >= 4 is 40.4 Å². The monoisotopic (exact) mass is 302 g/mol.